The summed E-state index contributed by atoms with van der Waals surface area (Å²) < 4.78 is 5.15. The molecule has 0 saturated carbocycles. The largest absolute Gasteiger partial charge is 0.495 e. The number of halogens is 1. The van der Waals surface area contributed by atoms with E-state index in [1.54, 1.807) is 7.11 Å². The monoisotopic (exact) mass is 268 g/mol. The molecule has 2 rings (SSSR count). The van der Waals surface area contributed by atoms with E-state index in [9.17, 15) is 0 Å². The molecule has 0 aromatic heterocycles. The maximum absolute atomic E-state index is 6.13. The van der Waals surface area contributed by atoms with Crippen molar-refractivity contribution >= 4 is 17.3 Å². The van der Waals surface area contributed by atoms with E-state index in [2.05, 4.69) is 24.2 Å². The Kier molecular flexibility index (Phi) is 4.36. The minimum Gasteiger partial charge on any atom is -0.495 e. The molecule has 0 spiro atoms. The first-order valence-corrected chi connectivity index (χ1v) is 6.78. The molecule has 1 N–H and O–H groups in total. The van der Waals surface area contributed by atoms with Gasteiger partial charge in [0.2, 0.25) is 0 Å². The van der Waals surface area contributed by atoms with Gasteiger partial charge in [0, 0.05) is 24.3 Å². The molecule has 0 aliphatic carbocycles. The number of hydrogen-bond donors (Lipinski definition) is 1. The highest BCUT2D eigenvalue weighted by atomic mass is 35.5. The molecular formula is C14H21ClN2O. The number of hydrogen-bond acceptors (Lipinski definition) is 3. The lowest BCUT2D eigenvalue weighted by molar-refractivity contribution is 0.190. The Balaban J connectivity index is 1.99. The van der Waals surface area contributed by atoms with E-state index in [0.717, 1.165) is 18.0 Å². The van der Waals surface area contributed by atoms with Crippen LogP contribution in [0, 0.1) is 0 Å². The van der Waals surface area contributed by atoms with Crippen molar-refractivity contribution in [3.05, 3.63) is 23.2 Å². The van der Waals surface area contributed by atoms with Gasteiger partial charge in [-0.3, -0.25) is 0 Å². The predicted octanol–water partition coefficient (Wildman–Crippen LogP) is 3.24. The highest BCUT2D eigenvalue weighted by Gasteiger charge is 2.22. The van der Waals surface area contributed by atoms with Crippen molar-refractivity contribution in [2.45, 2.75) is 31.8 Å². The van der Waals surface area contributed by atoms with E-state index in [1.165, 1.54) is 12.8 Å². The van der Waals surface area contributed by atoms with Crippen LogP contribution in [0.3, 0.4) is 0 Å². The summed E-state index contributed by atoms with van der Waals surface area (Å²) in [4.78, 5) is 2.40. The SMILES string of the molecule is COc1ccc(NC2CCN(C)C(C)C2)cc1Cl. The summed E-state index contributed by atoms with van der Waals surface area (Å²) in [6.07, 6.45) is 2.34. The van der Waals surface area contributed by atoms with Crippen molar-refractivity contribution in [1.29, 1.82) is 0 Å². The van der Waals surface area contributed by atoms with E-state index in [1.807, 2.05) is 18.2 Å². The molecule has 0 amide bonds. The minimum atomic E-state index is 0.528. The second-order valence-corrected chi connectivity index (χ2v) is 5.45. The number of likely N-dealkylation sites (tertiary alicyclic amines) is 1. The van der Waals surface area contributed by atoms with Crippen LogP contribution in [0.4, 0.5) is 5.69 Å². The zero-order valence-electron chi connectivity index (χ0n) is 11.2. The summed E-state index contributed by atoms with van der Waals surface area (Å²) >= 11 is 6.13. The molecule has 1 heterocycles. The van der Waals surface area contributed by atoms with Crippen molar-refractivity contribution in [3.63, 3.8) is 0 Å². The third-order valence-electron chi connectivity index (χ3n) is 3.73. The Hall–Kier alpha value is -0.930. The molecule has 0 bridgehead atoms. The van der Waals surface area contributed by atoms with Gasteiger partial charge in [-0.15, -0.1) is 0 Å². The molecule has 2 unspecified atom stereocenters. The summed E-state index contributed by atoms with van der Waals surface area (Å²) in [6, 6.07) is 7.02. The van der Waals surface area contributed by atoms with Gasteiger partial charge in [-0.2, -0.15) is 0 Å². The molecule has 1 aromatic carbocycles. The number of rotatable bonds is 3. The van der Waals surface area contributed by atoms with Gasteiger partial charge in [-0.05, 0) is 45.0 Å². The first kappa shape index (κ1) is 13.5. The van der Waals surface area contributed by atoms with Crippen molar-refractivity contribution in [3.8, 4) is 5.75 Å². The van der Waals surface area contributed by atoms with Gasteiger partial charge in [-0.25, -0.2) is 0 Å². The number of ether oxygens (including phenoxy) is 1. The van der Waals surface area contributed by atoms with E-state index in [0.29, 0.717) is 17.1 Å². The number of methoxy groups -OCH3 is 1. The molecule has 100 valence electrons. The third-order valence-corrected chi connectivity index (χ3v) is 4.03. The van der Waals surface area contributed by atoms with E-state index in [-0.39, 0.29) is 0 Å². The summed E-state index contributed by atoms with van der Waals surface area (Å²) in [6.45, 7) is 3.41. The average molecular weight is 269 g/mol. The van der Waals surface area contributed by atoms with Gasteiger partial charge in [0.15, 0.2) is 0 Å². The van der Waals surface area contributed by atoms with Crippen LogP contribution in [0.5, 0.6) is 5.75 Å². The fourth-order valence-corrected chi connectivity index (χ4v) is 2.67. The zero-order chi connectivity index (χ0) is 13.1. The van der Waals surface area contributed by atoms with Gasteiger partial charge in [0.05, 0.1) is 12.1 Å². The fraction of sp³-hybridized carbons (Fsp3) is 0.571. The minimum absolute atomic E-state index is 0.528. The molecule has 1 aromatic rings. The molecular weight excluding hydrogens is 248 g/mol. The van der Waals surface area contributed by atoms with Gasteiger partial charge < -0.3 is 15.0 Å². The quantitative estimate of drug-likeness (QED) is 0.911. The van der Waals surface area contributed by atoms with Crippen LogP contribution in [0.25, 0.3) is 0 Å². The Labute approximate surface area is 114 Å². The van der Waals surface area contributed by atoms with Gasteiger partial charge >= 0.3 is 0 Å². The van der Waals surface area contributed by atoms with Crippen molar-refractivity contribution in [1.82, 2.24) is 4.90 Å². The normalized spacial score (nSPS) is 24.9. The third kappa shape index (κ3) is 3.09. The molecule has 2 atom stereocenters. The first-order chi connectivity index (χ1) is 8.60. The van der Waals surface area contributed by atoms with E-state index >= 15 is 0 Å². The summed E-state index contributed by atoms with van der Waals surface area (Å²) in [5.41, 5.74) is 1.07. The summed E-state index contributed by atoms with van der Waals surface area (Å²) in [7, 11) is 3.82. The topological polar surface area (TPSA) is 24.5 Å². The molecule has 1 saturated heterocycles. The number of nitrogens with zero attached hydrogens (tertiary/aromatic N) is 1. The molecule has 3 nitrogen and oxygen atoms in total. The molecule has 1 aliphatic heterocycles. The Morgan fingerprint density at radius 3 is 2.83 bits per heavy atom. The van der Waals surface area contributed by atoms with E-state index < -0.39 is 0 Å². The van der Waals surface area contributed by atoms with Crippen molar-refractivity contribution in [2.75, 3.05) is 26.0 Å². The lowest BCUT2D eigenvalue weighted by atomic mass is 9.99. The molecule has 1 fully saturated rings. The van der Waals surface area contributed by atoms with Crippen molar-refractivity contribution < 1.29 is 4.74 Å². The highest BCUT2D eigenvalue weighted by molar-refractivity contribution is 6.32. The molecule has 0 radical (unpaired) electrons. The highest BCUT2D eigenvalue weighted by Crippen LogP contribution is 2.28. The first-order valence-electron chi connectivity index (χ1n) is 6.40. The van der Waals surface area contributed by atoms with Crippen LogP contribution in [-0.4, -0.2) is 37.7 Å². The average Bonchev–Trinajstić information content (AvgIpc) is 2.34. The predicted molar refractivity (Wildman–Crippen MR) is 76.7 cm³/mol. The lowest BCUT2D eigenvalue weighted by Gasteiger charge is -2.35. The van der Waals surface area contributed by atoms with Crippen molar-refractivity contribution in [2.24, 2.45) is 0 Å². The van der Waals surface area contributed by atoms with E-state index in [4.69, 9.17) is 16.3 Å². The van der Waals surface area contributed by atoms with Crippen LogP contribution < -0.4 is 10.1 Å². The van der Waals surface area contributed by atoms with Crippen LogP contribution in [-0.2, 0) is 0 Å². The molecule has 4 heteroatoms. The van der Waals surface area contributed by atoms with Crippen LogP contribution in [0.1, 0.15) is 19.8 Å². The standard InChI is InChI=1S/C14H21ClN2O/c1-10-8-12(6-7-17(10)2)16-11-4-5-14(18-3)13(15)9-11/h4-5,9-10,12,16H,6-8H2,1-3H3. The van der Waals surface area contributed by atoms with Gasteiger partial charge in [-0.1, -0.05) is 11.6 Å². The van der Waals surface area contributed by atoms with Gasteiger partial charge in [0.1, 0.15) is 5.75 Å². The Morgan fingerprint density at radius 2 is 2.22 bits per heavy atom. The number of nitrogens with one attached hydrogen (secondary N) is 1. The van der Waals surface area contributed by atoms with Crippen LogP contribution in [0.15, 0.2) is 18.2 Å². The number of anilines is 1. The second-order valence-electron chi connectivity index (χ2n) is 5.04. The van der Waals surface area contributed by atoms with Gasteiger partial charge in [0.25, 0.3) is 0 Å². The smallest absolute Gasteiger partial charge is 0.137 e. The number of piperidine rings is 1. The zero-order valence-corrected chi connectivity index (χ0v) is 12.0. The maximum atomic E-state index is 6.13. The Bertz CT molecular complexity index is 411. The maximum Gasteiger partial charge on any atom is 0.137 e. The number of benzene rings is 1. The second kappa shape index (κ2) is 5.81. The molecule has 1 aliphatic rings. The fourth-order valence-electron chi connectivity index (χ4n) is 2.41. The Morgan fingerprint density at radius 1 is 1.44 bits per heavy atom. The summed E-state index contributed by atoms with van der Waals surface area (Å²) in [5, 5.41) is 4.21. The summed E-state index contributed by atoms with van der Waals surface area (Å²) in [5.74, 6) is 0.721. The molecule has 18 heavy (non-hydrogen) atoms. The lowest BCUT2D eigenvalue weighted by Crippen LogP contribution is -2.42. The van der Waals surface area contributed by atoms with Crippen LogP contribution >= 0.6 is 11.6 Å². The van der Waals surface area contributed by atoms with Crippen LogP contribution in [0.2, 0.25) is 5.02 Å².